The molecule has 4 heteroatoms. The molecule has 14 heavy (non-hydrogen) atoms. The molecule has 0 radical (unpaired) electrons. The second-order valence-corrected chi connectivity index (χ2v) is 4.28. The van der Waals surface area contributed by atoms with Gasteiger partial charge in [-0.2, -0.15) is 0 Å². The van der Waals surface area contributed by atoms with Gasteiger partial charge in [-0.25, -0.2) is 0 Å². The molecule has 1 saturated carbocycles. The molecule has 1 amide bonds. The lowest BCUT2D eigenvalue weighted by Crippen LogP contribution is -2.45. The van der Waals surface area contributed by atoms with Crippen molar-refractivity contribution in [3.05, 3.63) is 0 Å². The minimum atomic E-state index is -0.409. The molecule has 0 saturated heterocycles. The van der Waals surface area contributed by atoms with Crippen LogP contribution in [-0.2, 0) is 4.79 Å². The van der Waals surface area contributed by atoms with Gasteiger partial charge in [-0.05, 0) is 33.7 Å². The quantitative estimate of drug-likeness (QED) is 0.652. The van der Waals surface area contributed by atoms with E-state index in [9.17, 15) is 4.79 Å². The molecular formula is C10H21N3O. The summed E-state index contributed by atoms with van der Waals surface area (Å²) >= 11 is 0. The Morgan fingerprint density at radius 3 is 2.57 bits per heavy atom. The van der Waals surface area contributed by atoms with Crippen LogP contribution < -0.4 is 11.1 Å². The van der Waals surface area contributed by atoms with E-state index in [0.29, 0.717) is 12.6 Å². The third-order valence-electron chi connectivity index (χ3n) is 2.80. The molecule has 0 aromatic carbocycles. The van der Waals surface area contributed by atoms with E-state index in [-0.39, 0.29) is 5.91 Å². The van der Waals surface area contributed by atoms with E-state index in [2.05, 4.69) is 24.2 Å². The maximum Gasteiger partial charge on any atom is 0.236 e. The van der Waals surface area contributed by atoms with E-state index in [1.165, 1.54) is 12.8 Å². The Kier molecular flexibility index (Phi) is 3.89. The smallest absolute Gasteiger partial charge is 0.236 e. The molecule has 82 valence electrons. The molecule has 4 nitrogen and oxygen atoms in total. The predicted molar refractivity (Wildman–Crippen MR) is 56.9 cm³/mol. The molecule has 3 N–H and O–H groups in total. The van der Waals surface area contributed by atoms with Crippen molar-refractivity contribution in [1.29, 1.82) is 0 Å². The average molecular weight is 199 g/mol. The van der Waals surface area contributed by atoms with Crippen LogP contribution in [0.3, 0.4) is 0 Å². The molecule has 0 bridgehead atoms. The molecule has 0 aromatic heterocycles. The Bertz CT molecular complexity index is 202. The van der Waals surface area contributed by atoms with E-state index in [1.54, 1.807) is 6.92 Å². The number of amides is 1. The maximum atomic E-state index is 11.2. The number of rotatable bonds is 5. The minimum Gasteiger partial charge on any atom is -0.353 e. The summed E-state index contributed by atoms with van der Waals surface area (Å²) in [6, 6.07) is 0.718. The third-order valence-corrected chi connectivity index (χ3v) is 2.80. The maximum absolute atomic E-state index is 11.2. The largest absolute Gasteiger partial charge is 0.353 e. The zero-order valence-electron chi connectivity index (χ0n) is 9.29. The van der Waals surface area contributed by atoms with Crippen LogP contribution in [0.1, 0.15) is 26.7 Å². The monoisotopic (exact) mass is 199 g/mol. The summed E-state index contributed by atoms with van der Waals surface area (Å²) in [4.78, 5) is 13.5. The van der Waals surface area contributed by atoms with Crippen LogP contribution in [-0.4, -0.2) is 42.5 Å². The zero-order chi connectivity index (χ0) is 10.7. The Morgan fingerprint density at radius 1 is 1.57 bits per heavy atom. The van der Waals surface area contributed by atoms with Crippen LogP contribution in [0.5, 0.6) is 0 Å². The van der Waals surface area contributed by atoms with Gasteiger partial charge in [-0.1, -0.05) is 0 Å². The van der Waals surface area contributed by atoms with Gasteiger partial charge < -0.3 is 11.1 Å². The SMILES string of the molecule is CC(N)C(=O)NCC(C)N(C)C1CC1. The predicted octanol–water partition coefficient (Wildman–Crippen LogP) is -0.0675. The van der Waals surface area contributed by atoms with Gasteiger partial charge in [0.05, 0.1) is 6.04 Å². The average Bonchev–Trinajstić information content (AvgIpc) is 2.95. The van der Waals surface area contributed by atoms with Crippen molar-refractivity contribution >= 4 is 5.91 Å². The van der Waals surface area contributed by atoms with Gasteiger partial charge in [0.15, 0.2) is 0 Å². The zero-order valence-corrected chi connectivity index (χ0v) is 9.29. The first-order valence-corrected chi connectivity index (χ1v) is 5.27. The Hall–Kier alpha value is -0.610. The Morgan fingerprint density at radius 2 is 2.14 bits per heavy atom. The van der Waals surface area contributed by atoms with E-state index >= 15 is 0 Å². The van der Waals surface area contributed by atoms with Crippen LogP contribution in [0.15, 0.2) is 0 Å². The van der Waals surface area contributed by atoms with Crippen molar-refractivity contribution < 1.29 is 4.79 Å². The first-order chi connectivity index (χ1) is 6.52. The Balaban J connectivity index is 2.19. The molecule has 0 heterocycles. The highest BCUT2D eigenvalue weighted by molar-refractivity contribution is 5.80. The standard InChI is InChI=1S/C10H21N3O/c1-7(13(3)9-4-5-9)6-12-10(14)8(2)11/h7-9H,4-6,11H2,1-3H3,(H,12,14). The second-order valence-electron chi connectivity index (χ2n) is 4.28. The molecule has 0 spiro atoms. The molecule has 0 aromatic rings. The van der Waals surface area contributed by atoms with Gasteiger partial charge in [-0.15, -0.1) is 0 Å². The molecule has 1 aliphatic rings. The van der Waals surface area contributed by atoms with Crippen LogP contribution >= 0.6 is 0 Å². The topological polar surface area (TPSA) is 58.4 Å². The molecule has 2 unspecified atom stereocenters. The first-order valence-electron chi connectivity index (χ1n) is 5.27. The van der Waals surface area contributed by atoms with Gasteiger partial charge in [0, 0.05) is 18.6 Å². The number of likely N-dealkylation sites (N-methyl/N-ethyl adjacent to an activating group) is 1. The number of nitrogens with zero attached hydrogens (tertiary/aromatic N) is 1. The van der Waals surface area contributed by atoms with Crippen LogP contribution in [0.4, 0.5) is 0 Å². The summed E-state index contributed by atoms with van der Waals surface area (Å²) < 4.78 is 0. The molecule has 2 atom stereocenters. The van der Waals surface area contributed by atoms with Crippen molar-refractivity contribution in [2.45, 2.75) is 44.8 Å². The third kappa shape index (κ3) is 3.27. The van der Waals surface area contributed by atoms with E-state index in [4.69, 9.17) is 5.73 Å². The first kappa shape index (κ1) is 11.5. The fourth-order valence-corrected chi connectivity index (χ4v) is 1.39. The summed E-state index contributed by atoms with van der Waals surface area (Å²) in [5.74, 6) is -0.0685. The van der Waals surface area contributed by atoms with Crippen molar-refractivity contribution in [2.75, 3.05) is 13.6 Å². The van der Waals surface area contributed by atoms with Gasteiger partial charge >= 0.3 is 0 Å². The molecule has 1 fully saturated rings. The van der Waals surface area contributed by atoms with Crippen molar-refractivity contribution in [3.8, 4) is 0 Å². The van der Waals surface area contributed by atoms with Gasteiger partial charge in [0.1, 0.15) is 0 Å². The summed E-state index contributed by atoms with van der Waals surface area (Å²) in [6.07, 6.45) is 2.59. The van der Waals surface area contributed by atoms with E-state index < -0.39 is 6.04 Å². The fraction of sp³-hybridized carbons (Fsp3) is 0.900. The van der Waals surface area contributed by atoms with E-state index in [1.807, 2.05) is 0 Å². The number of hydrogen-bond acceptors (Lipinski definition) is 3. The summed E-state index contributed by atoms with van der Waals surface area (Å²) in [6.45, 7) is 4.51. The number of nitrogens with one attached hydrogen (secondary N) is 1. The molecular weight excluding hydrogens is 178 g/mol. The van der Waals surface area contributed by atoms with Crippen molar-refractivity contribution in [2.24, 2.45) is 5.73 Å². The van der Waals surface area contributed by atoms with Gasteiger partial charge in [0.2, 0.25) is 5.91 Å². The highest BCUT2D eigenvalue weighted by atomic mass is 16.2. The lowest BCUT2D eigenvalue weighted by molar-refractivity contribution is -0.122. The van der Waals surface area contributed by atoms with Crippen LogP contribution in [0.2, 0.25) is 0 Å². The van der Waals surface area contributed by atoms with Crippen LogP contribution in [0, 0.1) is 0 Å². The van der Waals surface area contributed by atoms with Crippen LogP contribution in [0.25, 0.3) is 0 Å². The number of hydrogen-bond donors (Lipinski definition) is 2. The highest BCUT2D eigenvalue weighted by Crippen LogP contribution is 2.26. The number of carbonyl (C=O) groups excluding carboxylic acids is 1. The molecule has 0 aliphatic heterocycles. The normalized spacial score (nSPS) is 20.6. The lowest BCUT2D eigenvalue weighted by atomic mass is 10.2. The number of nitrogens with two attached hydrogens (primary N) is 1. The lowest BCUT2D eigenvalue weighted by Gasteiger charge is -2.24. The highest BCUT2D eigenvalue weighted by Gasteiger charge is 2.29. The molecule has 1 aliphatic carbocycles. The summed E-state index contributed by atoms with van der Waals surface area (Å²) in [5, 5.41) is 2.84. The van der Waals surface area contributed by atoms with Gasteiger partial charge in [0.25, 0.3) is 0 Å². The van der Waals surface area contributed by atoms with Crippen molar-refractivity contribution in [3.63, 3.8) is 0 Å². The van der Waals surface area contributed by atoms with Crippen molar-refractivity contribution in [1.82, 2.24) is 10.2 Å². The fourth-order valence-electron chi connectivity index (χ4n) is 1.39. The van der Waals surface area contributed by atoms with Gasteiger partial charge in [-0.3, -0.25) is 9.69 Å². The summed E-state index contributed by atoms with van der Waals surface area (Å²) in [7, 11) is 2.11. The Labute approximate surface area is 85.8 Å². The number of carbonyl (C=O) groups is 1. The van der Waals surface area contributed by atoms with E-state index in [0.717, 1.165) is 6.04 Å². The second kappa shape index (κ2) is 4.75. The molecule has 1 rings (SSSR count). The summed E-state index contributed by atoms with van der Waals surface area (Å²) in [5.41, 5.74) is 5.44. The minimum absolute atomic E-state index is 0.0685.